The summed E-state index contributed by atoms with van der Waals surface area (Å²) in [4.78, 5) is 33.5. The molecule has 0 radical (unpaired) electrons. The van der Waals surface area contributed by atoms with Crippen molar-refractivity contribution in [3.63, 3.8) is 0 Å². The van der Waals surface area contributed by atoms with E-state index in [9.17, 15) is 18.0 Å². The third-order valence-electron chi connectivity index (χ3n) is 5.35. The number of esters is 1. The first-order chi connectivity index (χ1) is 16.3. The van der Waals surface area contributed by atoms with E-state index in [-0.39, 0.29) is 10.7 Å². The quantitative estimate of drug-likeness (QED) is 0.558. The van der Waals surface area contributed by atoms with Crippen molar-refractivity contribution >= 4 is 50.9 Å². The first kappa shape index (κ1) is 22.2. The lowest BCUT2D eigenvalue weighted by molar-refractivity contribution is -0.148. The van der Waals surface area contributed by atoms with E-state index in [0.717, 1.165) is 21.2 Å². The Kier molecular flexibility index (Phi) is 5.62. The second-order valence-electron chi connectivity index (χ2n) is 7.63. The van der Waals surface area contributed by atoms with Crippen molar-refractivity contribution in [1.29, 1.82) is 0 Å². The highest BCUT2D eigenvalue weighted by atomic mass is 32.2. The van der Waals surface area contributed by atoms with Crippen molar-refractivity contribution in [3.05, 3.63) is 78.4 Å². The summed E-state index contributed by atoms with van der Waals surface area (Å²) >= 11 is 1.57. The molecule has 8 nitrogen and oxygen atoms in total. The van der Waals surface area contributed by atoms with Gasteiger partial charge in [-0.15, -0.1) is 0 Å². The molecular formula is C24H19N3O5S2. The van der Waals surface area contributed by atoms with Gasteiger partial charge >= 0.3 is 5.97 Å². The number of rotatable bonds is 4. The molecule has 3 aromatic rings. The number of anilines is 2. The molecule has 1 amide bonds. The van der Waals surface area contributed by atoms with Gasteiger partial charge in [0, 0.05) is 15.4 Å². The van der Waals surface area contributed by atoms with E-state index < -0.39 is 34.5 Å². The molecule has 0 saturated heterocycles. The van der Waals surface area contributed by atoms with Gasteiger partial charge < -0.3 is 4.74 Å². The molecule has 2 heterocycles. The van der Waals surface area contributed by atoms with E-state index in [1.54, 1.807) is 34.9 Å². The van der Waals surface area contributed by atoms with E-state index in [1.807, 2.05) is 48.5 Å². The molecule has 2 aliphatic rings. The van der Waals surface area contributed by atoms with Crippen molar-refractivity contribution in [2.75, 3.05) is 11.5 Å². The summed E-state index contributed by atoms with van der Waals surface area (Å²) in [6, 6.07) is 20.4. The highest BCUT2D eigenvalue weighted by Gasteiger charge is 2.32. The molecule has 34 heavy (non-hydrogen) atoms. The Balaban J connectivity index is 1.32. The molecule has 0 aliphatic carbocycles. The van der Waals surface area contributed by atoms with Gasteiger partial charge in [-0.2, -0.15) is 0 Å². The number of nitrogens with one attached hydrogen (secondary N) is 1. The van der Waals surface area contributed by atoms with Crippen molar-refractivity contribution in [3.8, 4) is 0 Å². The van der Waals surface area contributed by atoms with Crippen LogP contribution in [0, 0.1) is 0 Å². The minimum Gasteiger partial charge on any atom is -0.454 e. The Morgan fingerprint density at radius 1 is 0.971 bits per heavy atom. The van der Waals surface area contributed by atoms with Gasteiger partial charge in [0.05, 0.1) is 16.3 Å². The standard InChI is InChI=1S/C24H19N3O5S2/c1-15(25-23-16-8-2-7-13-21(16)34(30,31)26-23)24(29)32-14-22(28)27-17-9-3-5-11-19(17)33-20-12-6-4-10-18(20)27/h2-13,15H,14H2,1H3,(H,25,26). The van der Waals surface area contributed by atoms with E-state index in [0.29, 0.717) is 5.56 Å². The number of nitrogens with zero attached hydrogens (tertiary/aromatic N) is 2. The van der Waals surface area contributed by atoms with Gasteiger partial charge in [-0.3, -0.25) is 19.4 Å². The molecule has 0 fully saturated rings. The first-order valence-electron chi connectivity index (χ1n) is 10.4. The lowest BCUT2D eigenvalue weighted by atomic mass is 10.2. The van der Waals surface area contributed by atoms with Crippen LogP contribution in [0.1, 0.15) is 12.5 Å². The first-order valence-corrected chi connectivity index (χ1v) is 12.7. The predicted molar refractivity (Wildman–Crippen MR) is 128 cm³/mol. The number of carbonyl (C=O) groups is 2. The fourth-order valence-electron chi connectivity index (χ4n) is 3.77. The van der Waals surface area contributed by atoms with Gasteiger partial charge in [0.15, 0.2) is 6.61 Å². The van der Waals surface area contributed by atoms with Crippen molar-refractivity contribution < 1.29 is 22.7 Å². The zero-order valence-corrected chi connectivity index (χ0v) is 19.6. The van der Waals surface area contributed by atoms with Crippen LogP contribution in [0.25, 0.3) is 0 Å². The summed E-state index contributed by atoms with van der Waals surface area (Å²) in [6.45, 7) is 1.00. The van der Waals surface area contributed by atoms with Crippen LogP contribution < -0.4 is 9.62 Å². The highest BCUT2D eigenvalue weighted by Crippen LogP contribution is 2.47. The number of amides is 1. The van der Waals surface area contributed by atoms with E-state index in [1.165, 1.54) is 13.0 Å². The molecule has 0 bridgehead atoms. The maximum atomic E-state index is 13.2. The number of sulfonamides is 1. The molecule has 3 aromatic carbocycles. The topological polar surface area (TPSA) is 105 Å². The maximum absolute atomic E-state index is 13.2. The van der Waals surface area contributed by atoms with E-state index in [4.69, 9.17) is 4.74 Å². The molecule has 172 valence electrons. The number of carbonyl (C=O) groups excluding carboxylic acids is 2. The lowest BCUT2D eigenvalue weighted by Gasteiger charge is -2.30. The van der Waals surface area contributed by atoms with Crippen molar-refractivity contribution in [1.82, 2.24) is 4.72 Å². The van der Waals surface area contributed by atoms with Gasteiger partial charge in [-0.25, -0.2) is 13.2 Å². The van der Waals surface area contributed by atoms with Crippen molar-refractivity contribution in [2.45, 2.75) is 27.7 Å². The normalized spacial score (nSPS) is 17.2. The summed E-state index contributed by atoms with van der Waals surface area (Å²) in [5.41, 5.74) is 1.83. The second kappa shape index (κ2) is 8.62. The van der Waals surface area contributed by atoms with Crippen LogP contribution in [0.5, 0.6) is 0 Å². The van der Waals surface area contributed by atoms with Crippen LogP contribution in [0.15, 0.2) is 92.5 Å². The summed E-state index contributed by atoms with van der Waals surface area (Å²) in [5.74, 6) is -1.07. The Hall–Kier alpha value is -3.63. The van der Waals surface area contributed by atoms with Gasteiger partial charge in [-0.05, 0) is 43.3 Å². The summed E-state index contributed by atoms with van der Waals surface area (Å²) in [5, 5.41) is 0. The van der Waals surface area contributed by atoms with Gasteiger partial charge in [-0.1, -0.05) is 48.2 Å². The smallest absolute Gasteiger partial charge is 0.331 e. The molecular weight excluding hydrogens is 474 g/mol. The molecule has 0 spiro atoms. The third kappa shape index (κ3) is 3.95. The number of benzene rings is 3. The number of para-hydroxylation sites is 2. The minimum atomic E-state index is -3.72. The zero-order chi connectivity index (χ0) is 23.9. The minimum absolute atomic E-state index is 0.0716. The average Bonchev–Trinajstić information content (AvgIpc) is 3.10. The van der Waals surface area contributed by atoms with Gasteiger partial charge in [0.1, 0.15) is 11.9 Å². The zero-order valence-electron chi connectivity index (χ0n) is 18.0. The van der Waals surface area contributed by atoms with Crippen LogP contribution in [-0.4, -0.2) is 38.8 Å². The summed E-state index contributed by atoms with van der Waals surface area (Å²) in [6.07, 6.45) is 0. The van der Waals surface area contributed by atoms with Crippen LogP contribution in [-0.2, 0) is 24.3 Å². The molecule has 0 aromatic heterocycles. The number of aliphatic imine (C=N–C) groups is 1. The maximum Gasteiger partial charge on any atom is 0.331 e. The lowest BCUT2D eigenvalue weighted by Crippen LogP contribution is -2.34. The molecule has 1 unspecified atom stereocenters. The number of fused-ring (bicyclic) bond motifs is 3. The van der Waals surface area contributed by atoms with E-state index >= 15 is 0 Å². The molecule has 1 N–H and O–H groups in total. The SMILES string of the molecule is CC(N=C1NS(=O)(=O)c2ccccc21)C(=O)OCC(=O)N1c2ccccc2Sc2ccccc21. The number of amidine groups is 1. The second-order valence-corrected chi connectivity index (χ2v) is 10.4. The van der Waals surface area contributed by atoms with Crippen LogP contribution >= 0.6 is 11.8 Å². The predicted octanol–water partition coefficient (Wildman–Crippen LogP) is 3.49. The Bertz CT molecular complexity index is 1410. The highest BCUT2D eigenvalue weighted by molar-refractivity contribution is 7.99. The largest absolute Gasteiger partial charge is 0.454 e. The summed E-state index contributed by atoms with van der Waals surface area (Å²) < 4.78 is 32.1. The summed E-state index contributed by atoms with van der Waals surface area (Å²) in [7, 11) is -3.72. The van der Waals surface area contributed by atoms with Crippen LogP contribution in [0.3, 0.4) is 0 Å². The number of hydrogen-bond acceptors (Lipinski definition) is 7. The van der Waals surface area contributed by atoms with Gasteiger partial charge in [0.2, 0.25) is 0 Å². The average molecular weight is 494 g/mol. The Morgan fingerprint density at radius 2 is 1.56 bits per heavy atom. The molecule has 1 atom stereocenters. The molecule has 0 saturated carbocycles. The molecule has 2 aliphatic heterocycles. The van der Waals surface area contributed by atoms with Crippen LogP contribution in [0.2, 0.25) is 0 Å². The fourth-order valence-corrected chi connectivity index (χ4v) is 6.06. The van der Waals surface area contributed by atoms with Crippen LogP contribution in [0.4, 0.5) is 11.4 Å². The number of hydrogen-bond donors (Lipinski definition) is 1. The third-order valence-corrected chi connectivity index (χ3v) is 7.87. The molecule has 5 rings (SSSR count). The molecule has 10 heteroatoms. The Morgan fingerprint density at radius 3 is 2.24 bits per heavy atom. The van der Waals surface area contributed by atoms with Gasteiger partial charge in [0.25, 0.3) is 15.9 Å². The fraction of sp³-hybridized carbons (Fsp3) is 0.125. The Labute approximate surface area is 200 Å². The van der Waals surface area contributed by atoms with Crippen molar-refractivity contribution in [2.24, 2.45) is 4.99 Å². The number of ether oxygens (including phenoxy) is 1. The van der Waals surface area contributed by atoms with E-state index in [2.05, 4.69) is 9.71 Å². The monoisotopic (exact) mass is 493 g/mol.